The van der Waals surface area contributed by atoms with Crippen LogP contribution in [-0.2, 0) is 0 Å². The highest BCUT2D eigenvalue weighted by molar-refractivity contribution is 8.04. The van der Waals surface area contributed by atoms with Crippen molar-refractivity contribution in [1.29, 1.82) is 0 Å². The van der Waals surface area contributed by atoms with Gasteiger partial charge in [0.05, 0.1) is 30.7 Å². The fraction of sp³-hybridized carbons (Fsp3) is 0.600. The molecule has 0 amide bonds. The summed E-state index contributed by atoms with van der Waals surface area (Å²) in [5.74, 6) is 0.910. The Morgan fingerprint density at radius 1 is 1.00 bits per heavy atom. The van der Waals surface area contributed by atoms with Gasteiger partial charge in [-0.25, -0.2) is 0 Å². The largest absolute Gasteiger partial charge is 0.497 e. The smallest absolute Gasteiger partial charge is 0.146 e. The average molecular weight is 288 g/mol. The topological polar surface area (TPSA) is 9.23 Å². The second-order valence-corrected chi connectivity index (χ2v) is 9.79. The van der Waals surface area contributed by atoms with Gasteiger partial charge in [0.2, 0.25) is 0 Å². The third-order valence-corrected chi connectivity index (χ3v) is 8.14. The lowest BCUT2D eigenvalue weighted by Crippen LogP contribution is -2.13. The van der Waals surface area contributed by atoms with Crippen molar-refractivity contribution in [2.75, 3.05) is 19.4 Å². The number of halogens is 1. The zero-order valence-corrected chi connectivity index (χ0v) is 13.4. The zero-order chi connectivity index (χ0) is 13.4. The number of benzene rings is 1. The fourth-order valence-corrected chi connectivity index (χ4v) is 6.15. The Kier molecular flexibility index (Phi) is 7.04. The molecule has 3 heteroatoms. The first-order valence-corrected chi connectivity index (χ1v) is 9.94. The van der Waals surface area contributed by atoms with E-state index in [2.05, 4.69) is 26.0 Å². The molecule has 0 aliphatic rings. The fourth-order valence-electron chi connectivity index (χ4n) is 2.04. The van der Waals surface area contributed by atoms with E-state index in [-0.39, 0.29) is 0 Å². The van der Waals surface area contributed by atoms with Crippen LogP contribution < -0.4 is 10.0 Å². The van der Waals surface area contributed by atoms with Gasteiger partial charge in [-0.05, 0) is 37.1 Å². The van der Waals surface area contributed by atoms with Crippen LogP contribution in [0.25, 0.3) is 0 Å². The molecule has 0 N–H and O–H groups in total. The molecule has 0 radical (unpaired) electrons. The van der Waals surface area contributed by atoms with Crippen molar-refractivity contribution in [2.24, 2.45) is 0 Å². The summed E-state index contributed by atoms with van der Waals surface area (Å²) in [6.07, 6.45) is 7.22. The van der Waals surface area contributed by atoms with Crippen LogP contribution in [0.3, 0.4) is 0 Å². The second-order valence-electron chi connectivity index (χ2n) is 4.72. The summed E-state index contributed by atoms with van der Waals surface area (Å²) in [5, 5.41) is 1.34. The third-order valence-electron chi connectivity index (χ3n) is 3.27. The summed E-state index contributed by atoms with van der Waals surface area (Å²) in [4.78, 5) is 0. The summed E-state index contributed by atoms with van der Waals surface area (Å²) >= 11 is 6.99. The Labute approximate surface area is 117 Å². The maximum absolute atomic E-state index is 6.99. The van der Waals surface area contributed by atoms with Crippen molar-refractivity contribution in [3.63, 3.8) is 0 Å². The highest BCUT2D eigenvalue weighted by Crippen LogP contribution is 2.63. The minimum atomic E-state index is -1.47. The standard InChI is InChI=1S/C15H25ClOP/c1-4-6-12-18(16,13-7-5-2)15-10-8-14(17-3)9-11-15/h8-11H,4-7,12-13H2,1-3H3/q+1. The van der Waals surface area contributed by atoms with E-state index in [0.29, 0.717) is 0 Å². The van der Waals surface area contributed by atoms with E-state index >= 15 is 0 Å². The molecule has 1 nitrogen and oxygen atoms in total. The maximum atomic E-state index is 6.99. The summed E-state index contributed by atoms with van der Waals surface area (Å²) in [5.41, 5.74) is 0. The summed E-state index contributed by atoms with van der Waals surface area (Å²) in [7, 11) is 1.70. The maximum Gasteiger partial charge on any atom is 0.146 e. The van der Waals surface area contributed by atoms with Crippen molar-refractivity contribution in [2.45, 2.75) is 39.5 Å². The molecule has 0 heterocycles. The van der Waals surface area contributed by atoms with Crippen molar-refractivity contribution in [3.05, 3.63) is 24.3 Å². The van der Waals surface area contributed by atoms with Crippen LogP contribution in [0.1, 0.15) is 39.5 Å². The molecule has 1 aromatic carbocycles. The Balaban J connectivity index is 2.85. The number of hydrogen-bond donors (Lipinski definition) is 0. The van der Waals surface area contributed by atoms with Crippen LogP contribution in [-0.4, -0.2) is 19.4 Å². The monoisotopic (exact) mass is 287 g/mol. The van der Waals surface area contributed by atoms with E-state index < -0.39 is 6.62 Å². The van der Waals surface area contributed by atoms with E-state index in [1.54, 1.807) is 7.11 Å². The van der Waals surface area contributed by atoms with Gasteiger partial charge in [0, 0.05) is 0 Å². The van der Waals surface area contributed by atoms with Gasteiger partial charge in [-0.2, -0.15) is 0 Å². The Bertz CT molecular complexity index is 329. The molecule has 0 aromatic heterocycles. The van der Waals surface area contributed by atoms with E-state index in [1.807, 2.05) is 12.1 Å². The van der Waals surface area contributed by atoms with E-state index in [4.69, 9.17) is 16.0 Å². The first kappa shape index (κ1) is 15.8. The normalized spacial score (nSPS) is 11.6. The molecule has 0 saturated carbocycles. The highest BCUT2D eigenvalue weighted by atomic mass is 35.7. The number of hydrogen-bond acceptors (Lipinski definition) is 1. The zero-order valence-electron chi connectivity index (χ0n) is 11.8. The lowest BCUT2D eigenvalue weighted by atomic mass is 10.3. The molecule has 0 spiro atoms. The predicted octanol–water partition coefficient (Wildman–Crippen LogP) is 5.09. The molecule has 1 aromatic rings. The van der Waals surface area contributed by atoms with Gasteiger partial charge in [0.1, 0.15) is 17.7 Å². The lowest BCUT2D eigenvalue weighted by molar-refractivity contribution is 0.415. The Hall–Kier alpha value is -0.260. The minimum absolute atomic E-state index is 0.910. The van der Waals surface area contributed by atoms with Gasteiger partial charge < -0.3 is 4.74 Å². The van der Waals surface area contributed by atoms with Crippen LogP contribution in [0.4, 0.5) is 0 Å². The molecule has 0 aliphatic heterocycles. The second kappa shape index (κ2) is 8.02. The van der Waals surface area contributed by atoms with Gasteiger partial charge >= 0.3 is 0 Å². The predicted molar refractivity (Wildman–Crippen MR) is 85.0 cm³/mol. The Morgan fingerprint density at radius 2 is 1.50 bits per heavy atom. The van der Waals surface area contributed by atoms with Crippen LogP contribution in [0.15, 0.2) is 24.3 Å². The minimum Gasteiger partial charge on any atom is -0.497 e. The molecule has 0 saturated heterocycles. The van der Waals surface area contributed by atoms with Crippen LogP contribution in [0, 0.1) is 0 Å². The number of methoxy groups -OCH3 is 1. The third kappa shape index (κ3) is 4.44. The van der Waals surface area contributed by atoms with Gasteiger partial charge in [0.25, 0.3) is 0 Å². The Morgan fingerprint density at radius 3 is 1.89 bits per heavy atom. The van der Waals surface area contributed by atoms with E-state index in [9.17, 15) is 0 Å². The van der Waals surface area contributed by atoms with Gasteiger partial charge in [0.15, 0.2) is 0 Å². The number of ether oxygens (including phenoxy) is 1. The van der Waals surface area contributed by atoms with E-state index in [0.717, 1.165) is 18.1 Å². The summed E-state index contributed by atoms with van der Waals surface area (Å²) in [6, 6.07) is 8.38. The first-order chi connectivity index (χ1) is 8.66. The summed E-state index contributed by atoms with van der Waals surface area (Å²) in [6.45, 7) is 2.99. The SMILES string of the molecule is CCCC[P+](Cl)(CCCC)c1ccc(OC)cc1. The molecule has 0 atom stereocenters. The van der Waals surface area contributed by atoms with Crippen LogP contribution >= 0.6 is 17.9 Å². The molecular weight excluding hydrogens is 263 g/mol. The summed E-state index contributed by atoms with van der Waals surface area (Å²) < 4.78 is 5.21. The quantitative estimate of drug-likeness (QED) is 0.605. The van der Waals surface area contributed by atoms with Crippen molar-refractivity contribution >= 4 is 23.2 Å². The van der Waals surface area contributed by atoms with Crippen molar-refractivity contribution < 1.29 is 4.74 Å². The molecular formula is C15H25ClOP+. The molecule has 102 valence electrons. The van der Waals surface area contributed by atoms with Crippen molar-refractivity contribution in [3.8, 4) is 5.75 Å². The van der Waals surface area contributed by atoms with Gasteiger partial charge in [-0.1, -0.05) is 26.7 Å². The highest BCUT2D eigenvalue weighted by Gasteiger charge is 2.37. The lowest BCUT2D eigenvalue weighted by Gasteiger charge is -2.19. The molecule has 0 unspecified atom stereocenters. The molecule has 1 rings (SSSR count). The van der Waals surface area contributed by atoms with Crippen LogP contribution in [0.2, 0.25) is 0 Å². The van der Waals surface area contributed by atoms with Gasteiger partial charge in [-0.15, -0.1) is 0 Å². The first-order valence-electron chi connectivity index (χ1n) is 6.87. The molecule has 18 heavy (non-hydrogen) atoms. The molecule has 0 bridgehead atoms. The average Bonchev–Trinajstić information content (AvgIpc) is 2.43. The van der Waals surface area contributed by atoms with Crippen LogP contribution in [0.5, 0.6) is 5.75 Å². The number of rotatable bonds is 8. The van der Waals surface area contributed by atoms with Crippen molar-refractivity contribution in [1.82, 2.24) is 0 Å². The van der Waals surface area contributed by atoms with E-state index in [1.165, 1.54) is 31.0 Å². The number of unbranched alkanes of at least 4 members (excludes halogenated alkanes) is 2. The molecule has 0 fully saturated rings. The molecule has 0 aliphatic carbocycles. The van der Waals surface area contributed by atoms with Gasteiger partial charge in [-0.3, -0.25) is 0 Å².